The Kier molecular flexibility index (Phi) is 5.79. The van der Waals surface area contributed by atoms with Crippen molar-refractivity contribution in [3.63, 3.8) is 0 Å². The number of sulfone groups is 1. The Balaban J connectivity index is 2.02. The molecule has 0 radical (unpaired) electrons. The van der Waals surface area contributed by atoms with Crippen molar-refractivity contribution in [2.75, 3.05) is 30.9 Å². The van der Waals surface area contributed by atoms with Crippen LogP contribution in [0.4, 0.5) is 0 Å². The normalized spacial score (nSPS) is 37.0. The molecule has 1 saturated heterocycles. The molecule has 0 spiro atoms. The summed E-state index contributed by atoms with van der Waals surface area (Å²) in [5, 5.41) is 9.86. The molecular formula is C14H27NO3S2. The minimum absolute atomic E-state index is 0.237. The van der Waals surface area contributed by atoms with E-state index < -0.39 is 9.84 Å². The molecule has 0 aromatic carbocycles. The summed E-state index contributed by atoms with van der Waals surface area (Å²) in [4.78, 5) is 2.10. The highest BCUT2D eigenvalue weighted by Gasteiger charge is 2.35. The summed E-state index contributed by atoms with van der Waals surface area (Å²) in [6.45, 7) is 3.76. The molecule has 4 nitrogen and oxygen atoms in total. The van der Waals surface area contributed by atoms with Crippen molar-refractivity contribution in [2.24, 2.45) is 11.8 Å². The zero-order valence-electron chi connectivity index (χ0n) is 12.5. The van der Waals surface area contributed by atoms with Crippen LogP contribution in [-0.2, 0) is 9.84 Å². The van der Waals surface area contributed by atoms with Gasteiger partial charge in [-0.15, -0.1) is 0 Å². The van der Waals surface area contributed by atoms with Crippen LogP contribution in [0, 0.1) is 11.8 Å². The van der Waals surface area contributed by atoms with Gasteiger partial charge in [-0.05, 0) is 31.1 Å². The van der Waals surface area contributed by atoms with Crippen LogP contribution in [0.2, 0.25) is 0 Å². The highest BCUT2D eigenvalue weighted by atomic mass is 32.2. The third-order valence-corrected chi connectivity index (χ3v) is 7.47. The Morgan fingerprint density at radius 2 is 2.10 bits per heavy atom. The molecule has 4 unspecified atom stereocenters. The van der Waals surface area contributed by atoms with Gasteiger partial charge in [0.05, 0.1) is 6.10 Å². The van der Waals surface area contributed by atoms with Gasteiger partial charge in [0.15, 0.2) is 9.84 Å². The fourth-order valence-corrected chi connectivity index (χ4v) is 6.39. The van der Waals surface area contributed by atoms with Crippen LogP contribution in [0.1, 0.15) is 32.6 Å². The highest BCUT2D eigenvalue weighted by Crippen LogP contribution is 2.33. The summed E-state index contributed by atoms with van der Waals surface area (Å²) < 4.78 is 23.8. The van der Waals surface area contributed by atoms with Crippen molar-refractivity contribution in [2.45, 2.75) is 44.1 Å². The van der Waals surface area contributed by atoms with E-state index in [1.807, 2.05) is 0 Å². The first-order valence-corrected chi connectivity index (χ1v) is 10.7. The monoisotopic (exact) mass is 321 g/mol. The lowest BCUT2D eigenvalue weighted by Crippen LogP contribution is -2.50. The van der Waals surface area contributed by atoms with Crippen LogP contribution in [0.25, 0.3) is 0 Å². The van der Waals surface area contributed by atoms with Gasteiger partial charge in [0.2, 0.25) is 0 Å². The van der Waals surface area contributed by atoms with Gasteiger partial charge in [-0.1, -0.05) is 13.3 Å². The van der Waals surface area contributed by atoms with E-state index in [2.05, 4.69) is 11.8 Å². The molecule has 6 heteroatoms. The van der Waals surface area contributed by atoms with Crippen molar-refractivity contribution < 1.29 is 13.5 Å². The first-order valence-electron chi connectivity index (χ1n) is 7.60. The summed E-state index contributed by atoms with van der Waals surface area (Å²) in [5.74, 6) is 2.59. The van der Waals surface area contributed by atoms with Gasteiger partial charge in [-0.3, -0.25) is 4.90 Å². The number of aliphatic hydroxyl groups is 1. The summed E-state index contributed by atoms with van der Waals surface area (Å²) in [7, 11) is -3.04. The van der Waals surface area contributed by atoms with Crippen molar-refractivity contribution in [3.05, 3.63) is 0 Å². The Bertz CT molecular complexity index is 413. The maximum atomic E-state index is 11.9. The summed E-state index contributed by atoms with van der Waals surface area (Å²) in [5.41, 5.74) is 0. The fraction of sp³-hybridized carbons (Fsp3) is 1.00. The van der Waals surface area contributed by atoms with Crippen LogP contribution in [0.5, 0.6) is 0 Å². The summed E-state index contributed by atoms with van der Waals surface area (Å²) >= 11 is 1.72. The molecule has 0 aromatic heterocycles. The van der Waals surface area contributed by atoms with E-state index in [1.54, 1.807) is 11.8 Å². The van der Waals surface area contributed by atoms with Crippen LogP contribution in [-0.4, -0.2) is 60.8 Å². The molecule has 0 aromatic rings. The lowest BCUT2D eigenvalue weighted by atomic mass is 9.78. The standard InChI is InChI=1S/C14H27NO3S2/c1-3-11-4-5-13(16)12(8-11)9-15-6-7-19-10-14(15)20(2,17)18/h11-14,16H,3-10H2,1-2H3. The van der Waals surface area contributed by atoms with E-state index in [9.17, 15) is 13.5 Å². The molecule has 20 heavy (non-hydrogen) atoms. The first-order chi connectivity index (χ1) is 9.41. The maximum absolute atomic E-state index is 11.9. The molecular weight excluding hydrogens is 294 g/mol. The molecule has 2 fully saturated rings. The fourth-order valence-electron chi connectivity index (χ4n) is 3.43. The minimum Gasteiger partial charge on any atom is -0.393 e. The van der Waals surface area contributed by atoms with E-state index in [4.69, 9.17) is 0 Å². The predicted molar refractivity (Wildman–Crippen MR) is 84.7 cm³/mol. The van der Waals surface area contributed by atoms with Crippen LogP contribution in [0.3, 0.4) is 0 Å². The molecule has 1 saturated carbocycles. The zero-order valence-corrected chi connectivity index (χ0v) is 14.1. The number of nitrogens with zero attached hydrogens (tertiary/aromatic N) is 1. The van der Waals surface area contributed by atoms with Crippen molar-refractivity contribution in [1.29, 1.82) is 0 Å². The number of rotatable bonds is 4. The molecule has 1 aliphatic heterocycles. The second-order valence-electron chi connectivity index (χ2n) is 6.27. The zero-order chi connectivity index (χ0) is 14.8. The predicted octanol–water partition coefficient (Wildman–Crippen LogP) is 1.59. The second-order valence-corrected chi connectivity index (χ2v) is 9.62. The Hall–Kier alpha value is 0.220. The Morgan fingerprint density at radius 1 is 1.35 bits per heavy atom. The molecule has 0 amide bonds. The van der Waals surface area contributed by atoms with E-state index >= 15 is 0 Å². The topological polar surface area (TPSA) is 57.6 Å². The molecule has 2 aliphatic rings. The molecule has 0 bridgehead atoms. The molecule has 2 rings (SSSR count). The number of aliphatic hydroxyl groups excluding tert-OH is 1. The number of hydrogen-bond donors (Lipinski definition) is 1. The quantitative estimate of drug-likeness (QED) is 0.852. The molecule has 4 atom stereocenters. The molecule has 118 valence electrons. The van der Waals surface area contributed by atoms with Gasteiger partial charge in [0.1, 0.15) is 5.37 Å². The largest absolute Gasteiger partial charge is 0.393 e. The van der Waals surface area contributed by atoms with Crippen molar-refractivity contribution in [3.8, 4) is 0 Å². The molecule has 1 heterocycles. The number of thioether (sulfide) groups is 1. The van der Waals surface area contributed by atoms with E-state index in [1.165, 1.54) is 6.26 Å². The third-order valence-electron chi connectivity index (χ3n) is 4.78. The third kappa shape index (κ3) is 4.12. The van der Waals surface area contributed by atoms with Gasteiger partial charge in [-0.2, -0.15) is 11.8 Å². The Labute approximate surface area is 127 Å². The molecule has 1 aliphatic carbocycles. The summed E-state index contributed by atoms with van der Waals surface area (Å²) in [6, 6.07) is 0. The van der Waals surface area contributed by atoms with Gasteiger partial charge < -0.3 is 5.11 Å². The van der Waals surface area contributed by atoms with Crippen LogP contribution < -0.4 is 0 Å². The first kappa shape index (κ1) is 16.6. The highest BCUT2D eigenvalue weighted by molar-refractivity contribution is 8.00. The van der Waals surface area contributed by atoms with E-state index in [0.717, 1.165) is 44.5 Å². The van der Waals surface area contributed by atoms with E-state index in [0.29, 0.717) is 11.7 Å². The van der Waals surface area contributed by atoms with Crippen LogP contribution in [0.15, 0.2) is 0 Å². The lowest BCUT2D eigenvalue weighted by Gasteiger charge is -2.40. The SMILES string of the molecule is CCC1CCC(O)C(CN2CCSCC2S(C)(=O)=O)C1. The second kappa shape index (κ2) is 6.99. The van der Waals surface area contributed by atoms with Crippen LogP contribution >= 0.6 is 11.8 Å². The smallest absolute Gasteiger partial charge is 0.164 e. The Morgan fingerprint density at radius 3 is 2.75 bits per heavy atom. The van der Waals surface area contributed by atoms with Crippen molar-refractivity contribution in [1.82, 2.24) is 4.90 Å². The minimum atomic E-state index is -3.04. The maximum Gasteiger partial charge on any atom is 0.164 e. The number of hydrogen-bond acceptors (Lipinski definition) is 5. The van der Waals surface area contributed by atoms with Gasteiger partial charge in [-0.25, -0.2) is 8.42 Å². The van der Waals surface area contributed by atoms with E-state index in [-0.39, 0.29) is 17.4 Å². The van der Waals surface area contributed by atoms with Gasteiger partial charge >= 0.3 is 0 Å². The van der Waals surface area contributed by atoms with Crippen molar-refractivity contribution >= 4 is 21.6 Å². The average Bonchev–Trinajstić information content (AvgIpc) is 2.41. The summed E-state index contributed by atoms with van der Waals surface area (Å²) in [6.07, 6.45) is 5.26. The average molecular weight is 322 g/mol. The lowest BCUT2D eigenvalue weighted by molar-refractivity contribution is 0.0260. The molecule has 1 N–H and O–H groups in total. The van der Waals surface area contributed by atoms with Gasteiger partial charge in [0, 0.05) is 30.9 Å². The van der Waals surface area contributed by atoms with Gasteiger partial charge in [0.25, 0.3) is 0 Å².